The van der Waals surface area contributed by atoms with Crippen LogP contribution in [0.1, 0.15) is 0 Å². The second-order valence-corrected chi connectivity index (χ2v) is 4.90. The summed E-state index contributed by atoms with van der Waals surface area (Å²) >= 11 is 6.17. The molecule has 1 heterocycles. The molecule has 5 heteroatoms. The number of benzene rings is 1. The maximum Gasteiger partial charge on any atom is 0.324 e. The molecular weight excluding hydrogens is 264 g/mol. The minimum Gasteiger partial charge on any atom is -0.480 e. The van der Waals surface area contributed by atoms with Crippen molar-refractivity contribution < 1.29 is 9.90 Å². The number of hydrogen-bond acceptors (Lipinski definition) is 3. The number of carbonyl (C=O) groups is 1. The van der Waals surface area contributed by atoms with Gasteiger partial charge in [-0.3, -0.25) is 9.69 Å². The normalized spacial score (nSPS) is 18.1. The van der Waals surface area contributed by atoms with Crippen LogP contribution < -0.4 is 4.90 Å². The van der Waals surface area contributed by atoms with E-state index in [2.05, 4.69) is 11.5 Å². The minimum absolute atomic E-state index is 0.603. The first-order chi connectivity index (χ1) is 9.13. The van der Waals surface area contributed by atoms with E-state index < -0.39 is 12.0 Å². The Balaban J connectivity index is 2.01. The number of hydrogen-bond donors (Lipinski definition) is 1. The monoisotopic (exact) mass is 280 g/mol. The Labute approximate surface area is 117 Å². The van der Waals surface area contributed by atoms with Gasteiger partial charge in [-0.25, -0.2) is 0 Å². The Morgan fingerprint density at radius 1 is 1.32 bits per heavy atom. The van der Waals surface area contributed by atoms with Crippen molar-refractivity contribution in [2.24, 2.45) is 0 Å². The molecule has 0 spiro atoms. The lowest BCUT2D eigenvalue weighted by Gasteiger charge is -2.38. The van der Waals surface area contributed by atoms with Gasteiger partial charge in [0.25, 0.3) is 0 Å². The Bertz CT molecular complexity index is 470. The van der Waals surface area contributed by atoms with E-state index in [0.29, 0.717) is 13.1 Å². The lowest BCUT2D eigenvalue weighted by atomic mass is 10.2. The van der Waals surface area contributed by atoms with Crippen molar-refractivity contribution in [3.8, 4) is 0 Å². The van der Waals surface area contributed by atoms with Crippen LogP contribution in [0.3, 0.4) is 0 Å². The van der Waals surface area contributed by atoms with Gasteiger partial charge in [0.2, 0.25) is 0 Å². The van der Waals surface area contributed by atoms with E-state index in [1.54, 1.807) is 0 Å². The van der Waals surface area contributed by atoms with Gasteiger partial charge in [0, 0.05) is 26.2 Å². The molecule has 0 aliphatic carbocycles. The molecule has 1 aromatic rings. The van der Waals surface area contributed by atoms with E-state index in [1.807, 2.05) is 29.2 Å². The fraction of sp³-hybridized carbons (Fsp3) is 0.357. The first-order valence-corrected chi connectivity index (χ1v) is 6.60. The summed E-state index contributed by atoms with van der Waals surface area (Å²) in [5, 5.41) is 9.84. The van der Waals surface area contributed by atoms with Crippen LogP contribution in [0.25, 0.3) is 0 Å². The number of carboxylic acids is 1. The predicted octanol–water partition coefficient (Wildman–Crippen LogP) is 2.10. The third-order valence-electron chi connectivity index (χ3n) is 3.38. The van der Waals surface area contributed by atoms with E-state index in [4.69, 9.17) is 16.7 Å². The van der Waals surface area contributed by atoms with Gasteiger partial charge < -0.3 is 10.0 Å². The highest BCUT2D eigenvalue weighted by atomic mass is 35.5. The zero-order valence-electron chi connectivity index (χ0n) is 10.6. The van der Waals surface area contributed by atoms with E-state index in [0.717, 1.165) is 23.8 Å². The second kappa shape index (κ2) is 6.08. The van der Waals surface area contributed by atoms with Crippen LogP contribution in [0, 0.1) is 0 Å². The fourth-order valence-corrected chi connectivity index (χ4v) is 2.61. The van der Waals surface area contributed by atoms with Crippen LogP contribution in [-0.4, -0.2) is 48.2 Å². The summed E-state index contributed by atoms with van der Waals surface area (Å²) in [6.07, 6.45) is 1.48. The van der Waals surface area contributed by atoms with Gasteiger partial charge in [-0.05, 0) is 12.1 Å². The Morgan fingerprint density at radius 2 is 1.95 bits per heavy atom. The number of rotatable bonds is 4. The van der Waals surface area contributed by atoms with E-state index >= 15 is 0 Å². The van der Waals surface area contributed by atoms with Crippen molar-refractivity contribution in [1.29, 1.82) is 0 Å². The summed E-state index contributed by atoms with van der Waals surface area (Å²) in [6, 6.07) is 7.11. The molecule has 0 aromatic heterocycles. The maximum absolute atomic E-state index is 11.1. The minimum atomic E-state index is -0.846. The summed E-state index contributed by atoms with van der Waals surface area (Å²) in [7, 11) is 0. The van der Waals surface area contributed by atoms with E-state index in [1.165, 1.54) is 6.08 Å². The lowest BCUT2D eigenvalue weighted by molar-refractivity contribution is -0.141. The van der Waals surface area contributed by atoms with Crippen LogP contribution in [0.4, 0.5) is 5.69 Å². The Kier molecular flexibility index (Phi) is 4.45. The third kappa shape index (κ3) is 3.08. The van der Waals surface area contributed by atoms with Crippen molar-refractivity contribution in [2.75, 3.05) is 31.1 Å². The molecule has 1 fully saturated rings. The smallest absolute Gasteiger partial charge is 0.324 e. The molecule has 0 saturated carbocycles. The molecule has 1 aliphatic rings. The highest BCUT2D eigenvalue weighted by Crippen LogP contribution is 2.26. The third-order valence-corrected chi connectivity index (χ3v) is 3.70. The molecule has 0 amide bonds. The standard InChI is InChI=1S/C14H17ClN2O2/c1-2-12(14(18)19)16-7-9-17(10-8-16)13-6-4-3-5-11(13)15/h2-6,12H,1,7-10H2,(H,18,19). The summed E-state index contributed by atoms with van der Waals surface area (Å²) in [5.74, 6) is -0.846. The van der Waals surface area contributed by atoms with Crippen molar-refractivity contribution in [1.82, 2.24) is 4.90 Å². The molecule has 4 nitrogen and oxygen atoms in total. The van der Waals surface area contributed by atoms with Crippen molar-refractivity contribution in [3.63, 3.8) is 0 Å². The molecule has 102 valence electrons. The molecule has 2 rings (SSSR count). The maximum atomic E-state index is 11.1. The SMILES string of the molecule is C=CC(C(=O)O)N1CCN(c2ccccc2Cl)CC1. The van der Waals surface area contributed by atoms with Gasteiger partial charge in [0.15, 0.2) is 0 Å². The van der Waals surface area contributed by atoms with Gasteiger partial charge in [-0.2, -0.15) is 0 Å². The van der Waals surface area contributed by atoms with Crippen molar-refractivity contribution >= 4 is 23.3 Å². The number of nitrogens with zero attached hydrogens (tertiary/aromatic N) is 2. The van der Waals surface area contributed by atoms with Gasteiger partial charge in [-0.15, -0.1) is 6.58 Å². The number of halogens is 1. The quantitative estimate of drug-likeness (QED) is 0.858. The fourth-order valence-electron chi connectivity index (χ4n) is 2.36. The average molecular weight is 281 g/mol. The molecule has 19 heavy (non-hydrogen) atoms. The largest absolute Gasteiger partial charge is 0.480 e. The molecule has 1 aliphatic heterocycles. The van der Waals surface area contributed by atoms with E-state index in [-0.39, 0.29) is 0 Å². The van der Waals surface area contributed by atoms with Crippen LogP contribution in [0.5, 0.6) is 0 Å². The van der Waals surface area contributed by atoms with Crippen molar-refractivity contribution in [3.05, 3.63) is 41.9 Å². The molecule has 1 N–H and O–H groups in total. The summed E-state index contributed by atoms with van der Waals surface area (Å²) in [4.78, 5) is 15.2. The Hall–Kier alpha value is -1.52. The first-order valence-electron chi connectivity index (χ1n) is 6.22. The highest BCUT2D eigenvalue weighted by molar-refractivity contribution is 6.33. The zero-order valence-corrected chi connectivity index (χ0v) is 11.4. The number of aliphatic carboxylic acids is 1. The number of carboxylic acid groups (broad SMARTS) is 1. The van der Waals surface area contributed by atoms with Gasteiger partial charge in [0.1, 0.15) is 6.04 Å². The molecular formula is C14H17ClN2O2. The van der Waals surface area contributed by atoms with Crippen molar-refractivity contribution in [2.45, 2.75) is 6.04 Å². The average Bonchev–Trinajstić information content (AvgIpc) is 2.41. The summed E-state index contributed by atoms with van der Waals surface area (Å²) in [6.45, 7) is 6.50. The highest BCUT2D eigenvalue weighted by Gasteiger charge is 2.26. The summed E-state index contributed by atoms with van der Waals surface area (Å²) < 4.78 is 0. The number of anilines is 1. The molecule has 0 bridgehead atoms. The molecule has 0 radical (unpaired) electrons. The van der Waals surface area contributed by atoms with Crippen LogP contribution in [0.2, 0.25) is 5.02 Å². The van der Waals surface area contributed by atoms with Gasteiger partial charge in [0.05, 0.1) is 10.7 Å². The lowest BCUT2D eigenvalue weighted by Crippen LogP contribution is -2.52. The topological polar surface area (TPSA) is 43.8 Å². The molecule has 1 saturated heterocycles. The number of para-hydroxylation sites is 1. The van der Waals surface area contributed by atoms with Crippen LogP contribution in [0.15, 0.2) is 36.9 Å². The van der Waals surface area contributed by atoms with Crippen LogP contribution >= 0.6 is 11.6 Å². The first kappa shape index (κ1) is 13.9. The zero-order chi connectivity index (χ0) is 13.8. The molecule has 1 aromatic carbocycles. The summed E-state index contributed by atoms with van der Waals surface area (Å²) in [5.41, 5.74) is 1.01. The van der Waals surface area contributed by atoms with Gasteiger partial charge in [-0.1, -0.05) is 29.8 Å². The predicted molar refractivity (Wildman–Crippen MR) is 76.9 cm³/mol. The molecule has 1 atom stereocenters. The van der Waals surface area contributed by atoms with Crippen LogP contribution in [-0.2, 0) is 4.79 Å². The number of piperazine rings is 1. The molecule has 1 unspecified atom stereocenters. The second-order valence-electron chi connectivity index (χ2n) is 4.49. The van der Waals surface area contributed by atoms with E-state index in [9.17, 15) is 4.79 Å². The Morgan fingerprint density at radius 3 is 2.47 bits per heavy atom. The van der Waals surface area contributed by atoms with Gasteiger partial charge >= 0.3 is 5.97 Å².